The van der Waals surface area contributed by atoms with Crippen molar-refractivity contribution < 1.29 is 14.6 Å². The second kappa shape index (κ2) is 8.19. The van der Waals surface area contributed by atoms with Crippen molar-refractivity contribution in [2.24, 2.45) is 0 Å². The van der Waals surface area contributed by atoms with Gasteiger partial charge < -0.3 is 14.7 Å². The minimum atomic E-state index is -0.373. The van der Waals surface area contributed by atoms with E-state index in [1.54, 1.807) is 35.5 Å². The molecule has 0 fully saturated rings. The van der Waals surface area contributed by atoms with Gasteiger partial charge in [-0.1, -0.05) is 30.3 Å². The van der Waals surface area contributed by atoms with Crippen LogP contribution in [0.4, 0.5) is 0 Å². The smallest absolute Gasteiger partial charge is 0.273 e. The molecular formula is C25H22N4O3. The molecule has 32 heavy (non-hydrogen) atoms. The summed E-state index contributed by atoms with van der Waals surface area (Å²) in [6.45, 7) is 2.92. The Morgan fingerprint density at radius 1 is 1.09 bits per heavy atom. The van der Waals surface area contributed by atoms with Gasteiger partial charge in [-0.3, -0.25) is 14.9 Å². The van der Waals surface area contributed by atoms with Crippen LogP contribution in [0.15, 0.2) is 73.1 Å². The fourth-order valence-corrected chi connectivity index (χ4v) is 4.19. The van der Waals surface area contributed by atoms with Crippen LogP contribution in [0.25, 0.3) is 11.3 Å². The summed E-state index contributed by atoms with van der Waals surface area (Å²) in [6.07, 6.45) is 3.47. The van der Waals surface area contributed by atoms with E-state index in [0.717, 1.165) is 22.4 Å². The predicted octanol–water partition coefficient (Wildman–Crippen LogP) is 4.32. The first kappa shape index (κ1) is 19.8. The van der Waals surface area contributed by atoms with Gasteiger partial charge in [0.25, 0.3) is 5.91 Å². The molecule has 1 aliphatic heterocycles. The van der Waals surface area contributed by atoms with Crippen LogP contribution in [-0.4, -0.2) is 37.7 Å². The Balaban J connectivity index is 1.63. The molecule has 2 aromatic heterocycles. The Morgan fingerprint density at radius 3 is 2.62 bits per heavy atom. The van der Waals surface area contributed by atoms with E-state index in [1.165, 1.54) is 0 Å². The standard InChI is InChI=1S/C25H22N4O3/c1-2-32-18-11-9-17(10-12-18)24-21-22(19-7-3-4-8-20(19)30)27-28-23(21)25(31)29(24)15-16-6-5-13-26-14-16/h3-14,24,30H,2,15H2,1H3,(H,27,28). The quantitative estimate of drug-likeness (QED) is 0.479. The molecule has 0 saturated carbocycles. The monoisotopic (exact) mass is 426 g/mol. The van der Waals surface area contributed by atoms with Gasteiger partial charge >= 0.3 is 0 Å². The van der Waals surface area contributed by atoms with E-state index in [-0.39, 0.29) is 17.7 Å². The van der Waals surface area contributed by atoms with Gasteiger partial charge in [0.2, 0.25) is 0 Å². The number of phenols is 1. The van der Waals surface area contributed by atoms with Crippen LogP contribution in [0.2, 0.25) is 0 Å². The predicted molar refractivity (Wildman–Crippen MR) is 119 cm³/mol. The molecule has 1 unspecified atom stereocenters. The molecule has 7 heteroatoms. The third-order valence-electron chi connectivity index (χ3n) is 5.61. The van der Waals surface area contributed by atoms with Crippen LogP contribution in [0.5, 0.6) is 11.5 Å². The normalized spacial score (nSPS) is 15.1. The number of aromatic hydroxyl groups is 1. The van der Waals surface area contributed by atoms with E-state index in [9.17, 15) is 9.90 Å². The van der Waals surface area contributed by atoms with Crippen molar-refractivity contribution in [3.05, 3.63) is 95.4 Å². The van der Waals surface area contributed by atoms with E-state index in [4.69, 9.17) is 4.74 Å². The molecule has 160 valence electrons. The zero-order chi connectivity index (χ0) is 22.1. The van der Waals surface area contributed by atoms with Crippen molar-refractivity contribution in [2.45, 2.75) is 19.5 Å². The number of benzene rings is 2. The molecule has 1 atom stereocenters. The lowest BCUT2D eigenvalue weighted by Gasteiger charge is -2.26. The Labute approximate surface area is 185 Å². The van der Waals surface area contributed by atoms with Gasteiger partial charge in [0, 0.05) is 30.1 Å². The molecule has 0 spiro atoms. The number of H-pyrrole nitrogens is 1. The molecule has 1 aliphatic rings. The average molecular weight is 426 g/mol. The molecule has 0 bridgehead atoms. The maximum atomic E-state index is 13.4. The zero-order valence-electron chi connectivity index (χ0n) is 17.5. The van der Waals surface area contributed by atoms with Crippen LogP contribution in [0, 0.1) is 0 Å². The Bertz CT molecular complexity index is 1250. The lowest BCUT2D eigenvalue weighted by Crippen LogP contribution is -2.29. The van der Waals surface area contributed by atoms with Crippen LogP contribution >= 0.6 is 0 Å². The second-order valence-corrected chi connectivity index (χ2v) is 7.58. The Hall–Kier alpha value is -4.13. The van der Waals surface area contributed by atoms with E-state index >= 15 is 0 Å². The lowest BCUT2D eigenvalue weighted by atomic mass is 9.95. The van der Waals surface area contributed by atoms with Crippen molar-refractivity contribution in [2.75, 3.05) is 6.61 Å². The van der Waals surface area contributed by atoms with E-state index < -0.39 is 0 Å². The summed E-state index contributed by atoms with van der Waals surface area (Å²) in [5, 5.41) is 17.8. The van der Waals surface area contributed by atoms with Gasteiger partial charge in [-0.05, 0) is 48.4 Å². The fourth-order valence-electron chi connectivity index (χ4n) is 4.19. The number of ether oxygens (including phenoxy) is 1. The van der Waals surface area contributed by atoms with Crippen molar-refractivity contribution in [1.82, 2.24) is 20.1 Å². The Kier molecular flexibility index (Phi) is 5.07. The minimum absolute atomic E-state index is 0.116. The molecule has 2 aromatic carbocycles. The molecule has 0 aliphatic carbocycles. The maximum absolute atomic E-state index is 13.4. The molecule has 1 amide bonds. The minimum Gasteiger partial charge on any atom is -0.507 e. The van der Waals surface area contributed by atoms with E-state index in [1.807, 2.05) is 49.4 Å². The molecule has 4 aromatic rings. The molecule has 3 heterocycles. The summed E-state index contributed by atoms with van der Waals surface area (Å²) in [7, 11) is 0. The number of aromatic amines is 1. The number of hydrogen-bond acceptors (Lipinski definition) is 5. The first-order valence-corrected chi connectivity index (χ1v) is 10.5. The highest BCUT2D eigenvalue weighted by Gasteiger charge is 2.42. The topological polar surface area (TPSA) is 91.3 Å². The number of rotatable bonds is 6. The fraction of sp³-hybridized carbons (Fsp3) is 0.160. The number of phenolic OH excluding ortho intramolecular Hbond substituents is 1. The highest BCUT2D eigenvalue weighted by atomic mass is 16.5. The van der Waals surface area contributed by atoms with Crippen molar-refractivity contribution in [3.63, 3.8) is 0 Å². The van der Waals surface area contributed by atoms with Crippen LogP contribution in [0.3, 0.4) is 0 Å². The van der Waals surface area contributed by atoms with Gasteiger partial charge in [0.05, 0.1) is 12.6 Å². The van der Waals surface area contributed by atoms with E-state index in [2.05, 4.69) is 15.2 Å². The summed E-state index contributed by atoms with van der Waals surface area (Å²) in [4.78, 5) is 19.4. The molecule has 0 saturated heterocycles. The van der Waals surface area contributed by atoms with Gasteiger partial charge in [-0.15, -0.1) is 0 Å². The average Bonchev–Trinajstić information content (AvgIpc) is 3.35. The summed E-state index contributed by atoms with van der Waals surface area (Å²) >= 11 is 0. The number of nitrogens with zero attached hydrogens (tertiary/aromatic N) is 3. The van der Waals surface area contributed by atoms with Gasteiger partial charge in [-0.2, -0.15) is 5.10 Å². The highest BCUT2D eigenvalue weighted by molar-refractivity contribution is 6.00. The number of fused-ring (bicyclic) bond motifs is 1. The number of carbonyl (C=O) groups is 1. The van der Waals surface area contributed by atoms with Crippen LogP contribution in [-0.2, 0) is 6.54 Å². The first-order chi connectivity index (χ1) is 15.7. The number of aromatic nitrogens is 3. The van der Waals surface area contributed by atoms with Gasteiger partial charge in [-0.25, -0.2) is 0 Å². The maximum Gasteiger partial charge on any atom is 0.273 e. The van der Waals surface area contributed by atoms with Gasteiger partial charge in [0.1, 0.15) is 22.9 Å². The third kappa shape index (κ3) is 3.37. The summed E-state index contributed by atoms with van der Waals surface area (Å²) in [5.41, 5.74) is 4.20. The summed E-state index contributed by atoms with van der Waals surface area (Å²) in [6, 6.07) is 18.2. The molecule has 2 N–H and O–H groups in total. The first-order valence-electron chi connectivity index (χ1n) is 10.5. The van der Waals surface area contributed by atoms with Crippen molar-refractivity contribution in [1.29, 1.82) is 0 Å². The van der Waals surface area contributed by atoms with Crippen LogP contribution in [0.1, 0.15) is 40.1 Å². The second-order valence-electron chi connectivity index (χ2n) is 7.58. The van der Waals surface area contributed by atoms with Gasteiger partial charge in [0.15, 0.2) is 0 Å². The largest absolute Gasteiger partial charge is 0.507 e. The molecule has 5 rings (SSSR count). The number of pyridine rings is 1. The van der Waals surface area contributed by atoms with Crippen molar-refractivity contribution >= 4 is 5.91 Å². The van der Waals surface area contributed by atoms with Crippen molar-refractivity contribution in [3.8, 4) is 22.8 Å². The molecule has 0 radical (unpaired) electrons. The lowest BCUT2D eigenvalue weighted by molar-refractivity contribution is 0.0730. The van der Waals surface area contributed by atoms with Crippen LogP contribution < -0.4 is 4.74 Å². The Morgan fingerprint density at radius 2 is 1.91 bits per heavy atom. The zero-order valence-corrected chi connectivity index (χ0v) is 17.5. The number of hydrogen-bond donors (Lipinski definition) is 2. The summed E-state index contributed by atoms with van der Waals surface area (Å²) < 4.78 is 5.59. The number of carbonyl (C=O) groups excluding carboxylic acids is 1. The third-order valence-corrected chi connectivity index (χ3v) is 5.61. The SMILES string of the molecule is CCOc1ccc(C2c3c(-c4ccccc4O)n[nH]c3C(=O)N2Cc2cccnc2)cc1. The molecule has 7 nitrogen and oxygen atoms in total. The van der Waals surface area contributed by atoms with E-state index in [0.29, 0.717) is 30.1 Å². The summed E-state index contributed by atoms with van der Waals surface area (Å²) in [5.74, 6) is 0.745. The number of para-hydroxylation sites is 1. The highest BCUT2D eigenvalue weighted by Crippen LogP contribution is 2.45. The number of nitrogens with one attached hydrogen (secondary N) is 1. The molecular weight excluding hydrogens is 404 g/mol. The number of amides is 1.